The molecular weight excluding hydrogens is 318 g/mol. The molecule has 18 heavy (non-hydrogen) atoms. The summed E-state index contributed by atoms with van der Waals surface area (Å²) in [5.41, 5.74) is 0.789. The number of hydrogen-bond acceptors (Lipinski definition) is 3. The number of rotatable bonds is 3. The Balaban J connectivity index is 2.43. The Hall–Kier alpha value is -1.20. The topological polar surface area (TPSA) is 47.8 Å². The largest absolute Gasteiger partial charge is 0.292 e. The van der Waals surface area contributed by atoms with Crippen molar-refractivity contribution >= 4 is 27.5 Å². The lowest BCUT2D eigenvalue weighted by atomic mass is 10.2. The van der Waals surface area contributed by atoms with E-state index in [0.29, 0.717) is 18.8 Å². The van der Waals surface area contributed by atoms with Crippen molar-refractivity contribution in [3.63, 3.8) is 0 Å². The van der Waals surface area contributed by atoms with Gasteiger partial charge < -0.3 is 0 Å². The molecule has 6 heteroatoms. The minimum atomic E-state index is -0.146. The molecule has 0 unspecified atom stereocenters. The van der Waals surface area contributed by atoms with Crippen LogP contribution in [0.25, 0.3) is 0 Å². The summed E-state index contributed by atoms with van der Waals surface area (Å²) in [4.78, 5) is 20.2. The predicted octanol–water partition coefficient (Wildman–Crippen LogP) is 2.66. The fourth-order valence-corrected chi connectivity index (χ4v) is 2.29. The minimum absolute atomic E-state index is 0.146. The molecular formula is C12H11BrClN3O. The van der Waals surface area contributed by atoms with E-state index in [1.807, 2.05) is 13.0 Å². The zero-order valence-electron chi connectivity index (χ0n) is 9.73. The first-order valence-electron chi connectivity index (χ1n) is 5.46. The first-order valence-corrected chi connectivity index (χ1v) is 6.63. The van der Waals surface area contributed by atoms with Crippen LogP contribution in [0.2, 0.25) is 5.15 Å². The molecule has 2 aromatic rings. The molecule has 0 aromatic carbocycles. The van der Waals surface area contributed by atoms with Gasteiger partial charge in [-0.05, 0) is 27.6 Å². The van der Waals surface area contributed by atoms with Gasteiger partial charge in [0.05, 0.1) is 6.54 Å². The van der Waals surface area contributed by atoms with Gasteiger partial charge in [-0.2, -0.15) is 0 Å². The van der Waals surface area contributed by atoms with Gasteiger partial charge in [0.1, 0.15) is 11.0 Å². The maximum atomic E-state index is 11.9. The highest BCUT2D eigenvalue weighted by Gasteiger charge is 2.07. The lowest BCUT2D eigenvalue weighted by Gasteiger charge is -2.10. The molecule has 4 nitrogen and oxygen atoms in total. The fraction of sp³-hybridized carbons (Fsp3) is 0.250. The van der Waals surface area contributed by atoms with Crippen LogP contribution >= 0.6 is 27.5 Å². The normalized spacial score (nSPS) is 10.6. The Morgan fingerprint density at radius 3 is 2.83 bits per heavy atom. The third kappa shape index (κ3) is 2.97. The molecule has 2 heterocycles. The van der Waals surface area contributed by atoms with Crippen LogP contribution in [0.3, 0.4) is 0 Å². The van der Waals surface area contributed by atoms with Crippen molar-refractivity contribution in [2.75, 3.05) is 0 Å². The van der Waals surface area contributed by atoms with Crippen molar-refractivity contribution in [2.24, 2.45) is 0 Å². The van der Waals surface area contributed by atoms with Crippen LogP contribution in [0, 0.1) is 0 Å². The molecule has 0 amide bonds. The van der Waals surface area contributed by atoms with Crippen molar-refractivity contribution in [2.45, 2.75) is 19.9 Å². The number of halogens is 2. The quantitative estimate of drug-likeness (QED) is 0.814. The van der Waals surface area contributed by atoms with Crippen molar-refractivity contribution in [1.82, 2.24) is 14.5 Å². The summed E-state index contributed by atoms with van der Waals surface area (Å²) in [5.74, 6) is 0.674. The van der Waals surface area contributed by atoms with E-state index in [-0.39, 0.29) is 10.7 Å². The minimum Gasteiger partial charge on any atom is -0.292 e. The zero-order chi connectivity index (χ0) is 13.1. The average molecular weight is 329 g/mol. The van der Waals surface area contributed by atoms with E-state index in [1.165, 1.54) is 6.07 Å². The van der Waals surface area contributed by atoms with Crippen molar-refractivity contribution < 1.29 is 0 Å². The van der Waals surface area contributed by atoms with Crippen molar-refractivity contribution in [3.8, 4) is 0 Å². The second kappa shape index (κ2) is 5.63. The predicted molar refractivity (Wildman–Crippen MR) is 73.9 cm³/mol. The van der Waals surface area contributed by atoms with Crippen LogP contribution in [0.1, 0.15) is 18.3 Å². The third-order valence-corrected chi connectivity index (χ3v) is 3.10. The Morgan fingerprint density at radius 1 is 1.39 bits per heavy atom. The molecule has 0 radical (unpaired) electrons. The van der Waals surface area contributed by atoms with E-state index >= 15 is 0 Å². The van der Waals surface area contributed by atoms with Crippen LogP contribution in [0.5, 0.6) is 0 Å². The Morgan fingerprint density at radius 2 is 2.17 bits per heavy atom. The van der Waals surface area contributed by atoms with E-state index < -0.39 is 0 Å². The lowest BCUT2D eigenvalue weighted by Crippen LogP contribution is -2.24. The molecule has 0 saturated heterocycles. The summed E-state index contributed by atoms with van der Waals surface area (Å²) < 4.78 is 2.49. The van der Waals surface area contributed by atoms with Crippen molar-refractivity contribution in [3.05, 3.63) is 55.9 Å². The second-order valence-electron chi connectivity index (χ2n) is 3.78. The van der Waals surface area contributed by atoms with E-state index in [1.54, 1.807) is 17.0 Å². The van der Waals surface area contributed by atoms with Gasteiger partial charge in [-0.1, -0.05) is 18.5 Å². The number of pyridine rings is 1. The molecule has 0 bridgehead atoms. The van der Waals surface area contributed by atoms with Gasteiger partial charge in [-0.15, -0.1) is 0 Å². The third-order valence-electron chi connectivity index (χ3n) is 2.47. The van der Waals surface area contributed by atoms with E-state index in [2.05, 4.69) is 25.9 Å². The average Bonchev–Trinajstić information content (AvgIpc) is 2.32. The Bertz CT molecular complexity index is 627. The maximum absolute atomic E-state index is 11.9. The fourth-order valence-electron chi connectivity index (χ4n) is 1.69. The number of hydrogen-bond donors (Lipinski definition) is 0. The Labute approximate surface area is 118 Å². The van der Waals surface area contributed by atoms with Gasteiger partial charge in [0.15, 0.2) is 0 Å². The summed E-state index contributed by atoms with van der Waals surface area (Å²) in [5, 5.41) is 0.237. The molecule has 2 aromatic heterocycles. The molecule has 94 valence electrons. The van der Waals surface area contributed by atoms with Crippen molar-refractivity contribution in [1.29, 1.82) is 0 Å². The highest BCUT2D eigenvalue weighted by Crippen LogP contribution is 2.11. The Kier molecular flexibility index (Phi) is 4.14. The number of aryl methyl sites for hydroxylation is 1. The van der Waals surface area contributed by atoms with Gasteiger partial charge in [0.25, 0.3) is 5.56 Å². The van der Waals surface area contributed by atoms with Crippen LogP contribution in [0.4, 0.5) is 0 Å². The van der Waals surface area contributed by atoms with E-state index in [4.69, 9.17) is 11.6 Å². The standard InChI is InChI=1S/C12H11BrClN3O/c1-2-11-16-10(14)4-12(18)17(11)7-8-3-9(13)6-15-5-8/h3-6H,2,7H2,1H3. The molecule has 0 saturated carbocycles. The lowest BCUT2D eigenvalue weighted by molar-refractivity contribution is 0.673. The zero-order valence-corrected chi connectivity index (χ0v) is 12.1. The first-order chi connectivity index (χ1) is 8.60. The van der Waals surface area contributed by atoms with Gasteiger partial charge in [0.2, 0.25) is 0 Å². The SMILES string of the molecule is CCc1nc(Cl)cc(=O)n1Cc1cncc(Br)c1. The molecule has 0 spiro atoms. The molecule has 2 rings (SSSR count). The molecule has 0 aliphatic rings. The van der Waals surface area contributed by atoms with Gasteiger partial charge >= 0.3 is 0 Å². The summed E-state index contributed by atoms with van der Waals surface area (Å²) >= 11 is 9.14. The van der Waals surface area contributed by atoms with Crippen LogP contribution < -0.4 is 5.56 Å². The molecule has 0 aliphatic heterocycles. The van der Waals surface area contributed by atoms with Crippen LogP contribution in [-0.4, -0.2) is 14.5 Å². The molecule has 0 aliphatic carbocycles. The van der Waals surface area contributed by atoms with Crippen LogP contribution in [-0.2, 0) is 13.0 Å². The first kappa shape index (κ1) is 13.2. The number of nitrogens with zero attached hydrogens (tertiary/aromatic N) is 3. The summed E-state index contributed by atoms with van der Waals surface area (Å²) in [7, 11) is 0. The van der Waals surface area contributed by atoms with Crippen LogP contribution in [0.15, 0.2) is 33.8 Å². The number of aromatic nitrogens is 3. The summed E-state index contributed by atoms with van der Waals surface area (Å²) in [6, 6.07) is 3.25. The van der Waals surface area contributed by atoms with Gasteiger partial charge in [-0.3, -0.25) is 14.3 Å². The van der Waals surface area contributed by atoms with E-state index in [9.17, 15) is 4.79 Å². The maximum Gasteiger partial charge on any atom is 0.255 e. The molecule has 0 fully saturated rings. The monoisotopic (exact) mass is 327 g/mol. The van der Waals surface area contributed by atoms with Gasteiger partial charge in [0, 0.05) is 29.4 Å². The summed E-state index contributed by atoms with van der Waals surface area (Å²) in [6.07, 6.45) is 4.08. The smallest absolute Gasteiger partial charge is 0.255 e. The highest BCUT2D eigenvalue weighted by molar-refractivity contribution is 9.10. The molecule has 0 N–H and O–H groups in total. The van der Waals surface area contributed by atoms with E-state index in [0.717, 1.165) is 10.0 Å². The highest BCUT2D eigenvalue weighted by atomic mass is 79.9. The summed E-state index contributed by atoms with van der Waals surface area (Å²) in [6.45, 7) is 2.38. The van der Waals surface area contributed by atoms with Gasteiger partial charge in [-0.25, -0.2) is 4.98 Å². The second-order valence-corrected chi connectivity index (χ2v) is 5.09. The molecule has 0 atom stereocenters.